The maximum Gasteiger partial charge on any atom is 0.227 e. The van der Waals surface area contributed by atoms with E-state index in [1.54, 1.807) is 19.5 Å². The number of para-hydroxylation sites is 1. The molecule has 27 heavy (non-hydrogen) atoms. The second kappa shape index (κ2) is 8.06. The summed E-state index contributed by atoms with van der Waals surface area (Å²) in [6, 6.07) is 12.2. The van der Waals surface area contributed by atoms with Crippen LogP contribution in [-0.4, -0.2) is 48.2 Å². The van der Waals surface area contributed by atoms with Crippen molar-refractivity contribution in [3.05, 3.63) is 59.9 Å². The molecule has 0 aliphatic carbocycles. The number of carbonyl (C=O) groups excluding carboxylic acids is 1. The number of rotatable bonds is 6. The monoisotopic (exact) mass is 367 g/mol. The van der Waals surface area contributed by atoms with Gasteiger partial charge < -0.3 is 14.8 Å². The quantitative estimate of drug-likeness (QED) is 0.846. The Kier molecular flexibility index (Phi) is 5.36. The van der Waals surface area contributed by atoms with E-state index in [0.29, 0.717) is 19.7 Å². The zero-order valence-electron chi connectivity index (χ0n) is 15.5. The van der Waals surface area contributed by atoms with Gasteiger partial charge in [0.15, 0.2) is 0 Å². The number of ether oxygens (including phenoxy) is 2. The summed E-state index contributed by atoms with van der Waals surface area (Å²) in [6.45, 7) is 2.67. The Labute approximate surface area is 159 Å². The summed E-state index contributed by atoms with van der Waals surface area (Å²) < 4.78 is 11.4. The number of nitrogens with zero attached hydrogens (tertiary/aromatic N) is 2. The van der Waals surface area contributed by atoms with Gasteiger partial charge in [0, 0.05) is 50.2 Å². The van der Waals surface area contributed by atoms with E-state index in [2.05, 4.69) is 21.3 Å². The normalized spacial score (nSPS) is 24.6. The van der Waals surface area contributed by atoms with Crippen molar-refractivity contribution >= 4 is 5.91 Å². The molecule has 3 heterocycles. The summed E-state index contributed by atoms with van der Waals surface area (Å²) >= 11 is 0. The molecule has 3 atom stereocenters. The van der Waals surface area contributed by atoms with Crippen LogP contribution in [0, 0.1) is 5.92 Å². The Bertz CT molecular complexity index is 783. The molecular formula is C21H25N3O3. The Balaban J connectivity index is 1.43. The van der Waals surface area contributed by atoms with E-state index < -0.39 is 0 Å². The fraction of sp³-hybridized carbons (Fsp3) is 0.429. The molecular weight excluding hydrogens is 342 g/mol. The van der Waals surface area contributed by atoms with Crippen molar-refractivity contribution in [2.24, 2.45) is 5.92 Å². The first-order valence-electron chi connectivity index (χ1n) is 9.40. The fourth-order valence-electron chi connectivity index (χ4n) is 4.16. The molecule has 2 aliphatic rings. The molecule has 4 rings (SSSR count). The van der Waals surface area contributed by atoms with Crippen LogP contribution in [0.5, 0.6) is 5.75 Å². The molecule has 1 N–H and O–H groups in total. The second-order valence-corrected chi connectivity index (χ2v) is 7.12. The molecule has 0 spiro atoms. The number of amides is 1. The summed E-state index contributed by atoms with van der Waals surface area (Å²) in [5.74, 6) is 0.791. The Morgan fingerprint density at radius 3 is 3.04 bits per heavy atom. The van der Waals surface area contributed by atoms with Gasteiger partial charge in [0.05, 0.1) is 19.1 Å². The van der Waals surface area contributed by atoms with E-state index in [1.165, 1.54) is 0 Å². The van der Waals surface area contributed by atoms with Crippen molar-refractivity contribution in [2.75, 3.05) is 20.3 Å². The van der Waals surface area contributed by atoms with E-state index in [4.69, 9.17) is 9.47 Å². The van der Waals surface area contributed by atoms with E-state index in [9.17, 15) is 4.79 Å². The van der Waals surface area contributed by atoms with Gasteiger partial charge in [-0.3, -0.25) is 14.7 Å². The lowest BCUT2D eigenvalue weighted by molar-refractivity contribution is -0.127. The van der Waals surface area contributed by atoms with Crippen LogP contribution in [0.2, 0.25) is 0 Å². The van der Waals surface area contributed by atoms with Crippen molar-refractivity contribution in [3.8, 4) is 5.75 Å². The van der Waals surface area contributed by atoms with Crippen LogP contribution in [0.4, 0.5) is 0 Å². The van der Waals surface area contributed by atoms with Gasteiger partial charge in [-0.15, -0.1) is 0 Å². The van der Waals surface area contributed by atoms with Crippen LogP contribution in [0.1, 0.15) is 17.5 Å². The van der Waals surface area contributed by atoms with Crippen LogP contribution < -0.4 is 10.1 Å². The number of fused-ring (bicyclic) bond motifs is 1. The van der Waals surface area contributed by atoms with Crippen LogP contribution in [0.15, 0.2) is 48.8 Å². The molecule has 0 unspecified atom stereocenters. The van der Waals surface area contributed by atoms with Crippen molar-refractivity contribution < 1.29 is 14.3 Å². The van der Waals surface area contributed by atoms with Gasteiger partial charge in [-0.05, 0) is 24.1 Å². The number of carbonyl (C=O) groups is 1. The Morgan fingerprint density at radius 1 is 1.33 bits per heavy atom. The minimum Gasteiger partial charge on any atom is -0.496 e. The molecule has 6 nitrogen and oxygen atoms in total. The summed E-state index contributed by atoms with van der Waals surface area (Å²) in [7, 11) is 1.69. The minimum atomic E-state index is -0.149. The average Bonchev–Trinajstić information content (AvgIpc) is 3.31. The lowest BCUT2D eigenvalue weighted by Gasteiger charge is -2.23. The zero-order chi connectivity index (χ0) is 18.6. The molecule has 0 radical (unpaired) electrons. The standard InChI is InChI=1S/C21H25N3O3/c1-26-19-7-3-2-6-16(19)13-24-14-17(20-18(24)8-10-27-20)21(25)23-12-15-5-4-9-22-11-15/h2-7,9,11,17-18,20H,8,10,12-14H2,1H3,(H,23,25)/t17-,18+,20+/m0/s1. The summed E-state index contributed by atoms with van der Waals surface area (Å²) in [4.78, 5) is 19.3. The molecule has 6 heteroatoms. The molecule has 0 saturated carbocycles. The molecule has 1 aromatic carbocycles. The van der Waals surface area contributed by atoms with Gasteiger partial charge in [-0.25, -0.2) is 0 Å². The summed E-state index contributed by atoms with van der Waals surface area (Å²) in [6.07, 6.45) is 4.44. The topological polar surface area (TPSA) is 63.7 Å². The Hall–Kier alpha value is -2.44. The van der Waals surface area contributed by atoms with Crippen LogP contribution in [0.25, 0.3) is 0 Å². The molecule has 2 fully saturated rings. The average molecular weight is 367 g/mol. The van der Waals surface area contributed by atoms with E-state index >= 15 is 0 Å². The molecule has 2 aromatic rings. The first-order chi connectivity index (χ1) is 13.3. The molecule has 1 aromatic heterocycles. The van der Waals surface area contributed by atoms with Gasteiger partial charge in [0.1, 0.15) is 5.75 Å². The number of methoxy groups -OCH3 is 1. The molecule has 142 valence electrons. The number of hydrogen-bond donors (Lipinski definition) is 1. The Morgan fingerprint density at radius 2 is 2.22 bits per heavy atom. The predicted molar refractivity (Wildman–Crippen MR) is 101 cm³/mol. The fourth-order valence-corrected chi connectivity index (χ4v) is 4.16. The van der Waals surface area contributed by atoms with Crippen LogP contribution in [0.3, 0.4) is 0 Å². The lowest BCUT2D eigenvalue weighted by Crippen LogP contribution is -2.37. The SMILES string of the molecule is COc1ccccc1CN1C[C@H](C(=O)NCc2cccnc2)[C@H]2OCC[C@H]21. The van der Waals surface area contributed by atoms with Crippen LogP contribution >= 0.6 is 0 Å². The molecule has 2 aliphatic heterocycles. The van der Waals surface area contributed by atoms with Crippen molar-refractivity contribution in [2.45, 2.75) is 31.7 Å². The van der Waals surface area contributed by atoms with Gasteiger partial charge in [0.25, 0.3) is 0 Å². The van der Waals surface area contributed by atoms with E-state index in [-0.39, 0.29) is 24.0 Å². The highest BCUT2D eigenvalue weighted by Crippen LogP contribution is 2.35. The van der Waals surface area contributed by atoms with E-state index in [1.807, 2.05) is 30.3 Å². The third-order valence-corrected chi connectivity index (χ3v) is 5.49. The summed E-state index contributed by atoms with van der Waals surface area (Å²) in [5.41, 5.74) is 2.14. The van der Waals surface area contributed by atoms with Crippen LogP contribution in [-0.2, 0) is 22.6 Å². The number of benzene rings is 1. The number of hydrogen-bond acceptors (Lipinski definition) is 5. The molecule has 0 bridgehead atoms. The van der Waals surface area contributed by atoms with Gasteiger partial charge in [-0.1, -0.05) is 24.3 Å². The highest BCUT2D eigenvalue weighted by Gasteiger charge is 2.48. The summed E-state index contributed by atoms with van der Waals surface area (Å²) in [5, 5.41) is 3.05. The van der Waals surface area contributed by atoms with Gasteiger partial charge in [0.2, 0.25) is 5.91 Å². The molecule has 1 amide bonds. The van der Waals surface area contributed by atoms with E-state index in [0.717, 1.165) is 29.8 Å². The second-order valence-electron chi connectivity index (χ2n) is 7.12. The minimum absolute atomic E-state index is 0.0337. The highest BCUT2D eigenvalue weighted by atomic mass is 16.5. The van der Waals surface area contributed by atoms with Gasteiger partial charge in [-0.2, -0.15) is 0 Å². The number of nitrogens with one attached hydrogen (secondary N) is 1. The van der Waals surface area contributed by atoms with Crippen molar-refractivity contribution in [1.29, 1.82) is 0 Å². The van der Waals surface area contributed by atoms with Crippen molar-refractivity contribution in [1.82, 2.24) is 15.2 Å². The molecule has 2 saturated heterocycles. The van der Waals surface area contributed by atoms with Crippen molar-refractivity contribution in [3.63, 3.8) is 0 Å². The number of pyridine rings is 1. The maximum atomic E-state index is 12.8. The third kappa shape index (κ3) is 3.82. The largest absolute Gasteiger partial charge is 0.496 e. The maximum absolute atomic E-state index is 12.8. The highest BCUT2D eigenvalue weighted by molar-refractivity contribution is 5.80. The zero-order valence-corrected chi connectivity index (χ0v) is 15.5. The smallest absolute Gasteiger partial charge is 0.227 e. The number of aromatic nitrogens is 1. The lowest BCUT2D eigenvalue weighted by atomic mass is 10.0. The first-order valence-corrected chi connectivity index (χ1v) is 9.40. The number of likely N-dealkylation sites (tertiary alicyclic amines) is 1. The first kappa shape index (κ1) is 17.9. The predicted octanol–water partition coefficient (Wildman–Crippen LogP) is 2.00. The third-order valence-electron chi connectivity index (χ3n) is 5.49. The van der Waals surface area contributed by atoms with Gasteiger partial charge >= 0.3 is 0 Å².